The predicted molar refractivity (Wildman–Crippen MR) is 176 cm³/mol. The van der Waals surface area contributed by atoms with Crippen LogP contribution in [-0.2, 0) is 4.74 Å². The Morgan fingerprint density at radius 1 is 0.911 bits per heavy atom. The number of aromatic nitrogens is 4. The lowest BCUT2D eigenvalue weighted by Gasteiger charge is -2.41. The molecule has 6 rings (SSSR count). The van der Waals surface area contributed by atoms with Crippen LogP contribution in [0.3, 0.4) is 0 Å². The van der Waals surface area contributed by atoms with Crippen molar-refractivity contribution in [2.45, 2.75) is 83.8 Å². The van der Waals surface area contributed by atoms with E-state index in [2.05, 4.69) is 25.8 Å². The number of hydrogen-bond donors (Lipinski definition) is 1. The van der Waals surface area contributed by atoms with Crippen molar-refractivity contribution in [3.05, 3.63) is 36.3 Å². The minimum Gasteiger partial charge on any atom is -0.444 e. The van der Waals surface area contributed by atoms with Crippen molar-refractivity contribution in [2.75, 3.05) is 50.5 Å². The Labute approximate surface area is 266 Å². The number of piperidine rings is 2. The van der Waals surface area contributed by atoms with Gasteiger partial charge in [-0.2, -0.15) is 4.98 Å². The highest BCUT2D eigenvalue weighted by Gasteiger charge is 2.33. The van der Waals surface area contributed by atoms with E-state index in [1.165, 1.54) is 12.8 Å². The molecule has 0 bridgehead atoms. The van der Waals surface area contributed by atoms with Gasteiger partial charge in [0.2, 0.25) is 5.95 Å². The van der Waals surface area contributed by atoms with E-state index in [9.17, 15) is 9.59 Å². The number of fused-ring (bicyclic) bond motifs is 1. The van der Waals surface area contributed by atoms with Gasteiger partial charge in [0.25, 0.3) is 5.91 Å². The Kier molecular flexibility index (Phi) is 8.88. The van der Waals surface area contributed by atoms with Crippen molar-refractivity contribution < 1.29 is 14.3 Å². The van der Waals surface area contributed by atoms with Gasteiger partial charge in [-0.3, -0.25) is 4.79 Å². The van der Waals surface area contributed by atoms with E-state index < -0.39 is 5.60 Å². The third kappa shape index (κ3) is 7.02. The maximum Gasteiger partial charge on any atom is 0.410 e. The number of hydrogen-bond acceptors (Lipinski definition) is 8. The van der Waals surface area contributed by atoms with Gasteiger partial charge >= 0.3 is 6.09 Å². The van der Waals surface area contributed by atoms with Gasteiger partial charge in [-0.05, 0) is 89.3 Å². The fraction of sp³-hybridized carbons (Fsp3) is 0.618. The summed E-state index contributed by atoms with van der Waals surface area (Å²) in [5.41, 5.74) is 2.13. The average molecular weight is 617 g/mol. The van der Waals surface area contributed by atoms with Crippen LogP contribution in [0.2, 0.25) is 0 Å². The molecular formula is C34H48N8O3. The average Bonchev–Trinajstić information content (AvgIpc) is 3.68. The van der Waals surface area contributed by atoms with Crippen molar-refractivity contribution in [1.82, 2.24) is 29.3 Å². The second-order valence-corrected chi connectivity index (χ2v) is 14.2. The van der Waals surface area contributed by atoms with E-state index in [0.29, 0.717) is 29.3 Å². The molecule has 3 aromatic rings. The summed E-state index contributed by atoms with van der Waals surface area (Å²) >= 11 is 0. The molecule has 1 N–H and O–H groups in total. The number of carbonyl (C=O) groups excluding carboxylic acids is 2. The molecular weight excluding hydrogens is 568 g/mol. The summed E-state index contributed by atoms with van der Waals surface area (Å²) in [6, 6.07) is 6.29. The van der Waals surface area contributed by atoms with Gasteiger partial charge < -0.3 is 29.3 Å². The smallest absolute Gasteiger partial charge is 0.410 e. The number of pyridine rings is 1. The Morgan fingerprint density at radius 2 is 1.58 bits per heavy atom. The molecule has 1 saturated carbocycles. The van der Waals surface area contributed by atoms with Crippen LogP contribution in [-0.4, -0.2) is 87.2 Å². The predicted octanol–water partition coefficient (Wildman–Crippen LogP) is 6.25. The van der Waals surface area contributed by atoms with Crippen molar-refractivity contribution in [1.29, 1.82) is 0 Å². The second kappa shape index (κ2) is 12.8. The Bertz CT molecular complexity index is 1490. The molecule has 3 aromatic heterocycles. The molecule has 2 aliphatic heterocycles. The molecule has 2 amide bonds. The molecule has 0 spiro atoms. The van der Waals surface area contributed by atoms with Crippen molar-refractivity contribution in [3.63, 3.8) is 0 Å². The van der Waals surface area contributed by atoms with Crippen LogP contribution in [0.25, 0.3) is 11.0 Å². The lowest BCUT2D eigenvalue weighted by molar-refractivity contribution is 0.0152. The molecule has 0 unspecified atom stereocenters. The molecule has 0 atom stereocenters. The van der Waals surface area contributed by atoms with Gasteiger partial charge in [-0.1, -0.05) is 12.8 Å². The van der Waals surface area contributed by atoms with E-state index in [1.54, 1.807) is 25.2 Å². The molecule has 5 heterocycles. The molecule has 45 heavy (non-hydrogen) atoms. The van der Waals surface area contributed by atoms with Gasteiger partial charge in [0.05, 0.1) is 11.9 Å². The highest BCUT2D eigenvalue weighted by Crippen LogP contribution is 2.36. The molecule has 242 valence electrons. The second-order valence-electron chi connectivity index (χ2n) is 14.2. The lowest BCUT2D eigenvalue weighted by atomic mass is 9.79. The van der Waals surface area contributed by atoms with E-state index in [1.807, 2.05) is 44.0 Å². The topological polar surface area (TPSA) is 109 Å². The maximum absolute atomic E-state index is 13.0. The standard InChI is InChI=1S/C34H48N8O3/c1-34(2,3)45-33(44)41-18-14-24(15-19-41)23-12-16-40(17-13-23)27-10-11-29(35-22-27)37-32-36-21-25-20-28(31(43)39(4)5)42(30(25)38-32)26-8-6-7-9-26/h10-11,20-24,26H,6-9,12-19H2,1-5H3,(H,35,36,37,38). The summed E-state index contributed by atoms with van der Waals surface area (Å²) < 4.78 is 7.70. The van der Waals surface area contributed by atoms with Crippen LogP contribution in [0.1, 0.15) is 88.7 Å². The van der Waals surface area contributed by atoms with E-state index in [4.69, 9.17) is 14.7 Å². The summed E-state index contributed by atoms with van der Waals surface area (Å²) in [5.74, 6) is 2.51. The zero-order chi connectivity index (χ0) is 31.7. The van der Waals surface area contributed by atoms with Crippen molar-refractivity contribution in [3.8, 4) is 0 Å². The lowest BCUT2D eigenvalue weighted by Crippen LogP contribution is -2.44. The normalized spacial score (nSPS) is 18.9. The summed E-state index contributed by atoms with van der Waals surface area (Å²) in [5, 5.41) is 4.15. The number of nitrogens with one attached hydrogen (secondary N) is 1. The maximum atomic E-state index is 13.0. The third-order valence-electron chi connectivity index (χ3n) is 9.64. The summed E-state index contributed by atoms with van der Waals surface area (Å²) in [6.45, 7) is 9.35. The first kappa shape index (κ1) is 31.1. The van der Waals surface area contributed by atoms with Gasteiger partial charge in [-0.25, -0.2) is 14.8 Å². The molecule has 11 heteroatoms. The zero-order valence-electron chi connectivity index (χ0n) is 27.5. The molecule has 0 aromatic carbocycles. The summed E-state index contributed by atoms with van der Waals surface area (Å²) in [7, 11) is 3.57. The SMILES string of the molecule is CN(C)C(=O)c1cc2cnc(Nc3ccc(N4CCC(C5CCN(C(=O)OC(C)(C)C)CC5)CC4)cn3)nc2n1C1CCCC1. The fourth-order valence-electron chi connectivity index (χ4n) is 7.26. The number of amides is 2. The summed E-state index contributed by atoms with van der Waals surface area (Å²) in [4.78, 5) is 45.5. The summed E-state index contributed by atoms with van der Waals surface area (Å²) in [6.07, 6.45) is 12.4. The fourth-order valence-corrected chi connectivity index (χ4v) is 7.26. The number of rotatable bonds is 6. The van der Waals surface area contributed by atoms with E-state index in [-0.39, 0.29) is 18.0 Å². The molecule has 11 nitrogen and oxygen atoms in total. The van der Waals surface area contributed by atoms with Gasteiger partial charge in [0, 0.05) is 57.9 Å². The van der Waals surface area contributed by atoms with Crippen LogP contribution < -0.4 is 10.2 Å². The Morgan fingerprint density at radius 3 is 2.18 bits per heavy atom. The third-order valence-corrected chi connectivity index (χ3v) is 9.64. The zero-order valence-corrected chi connectivity index (χ0v) is 27.5. The highest BCUT2D eigenvalue weighted by atomic mass is 16.6. The molecule has 3 fully saturated rings. The van der Waals surface area contributed by atoms with Gasteiger partial charge in [-0.15, -0.1) is 0 Å². The number of carbonyl (C=O) groups is 2. The van der Waals surface area contributed by atoms with Gasteiger partial charge in [0.1, 0.15) is 22.8 Å². The van der Waals surface area contributed by atoms with Crippen LogP contribution in [0, 0.1) is 11.8 Å². The quantitative estimate of drug-likeness (QED) is 0.346. The van der Waals surface area contributed by atoms with Crippen LogP contribution in [0.5, 0.6) is 0 Å². The number of nitrogens with zero attached hydrogens (tertiary/aromatic N) is 7. The molecule has 2 saturated heterocycles. The first-order valence-corrected chi connectivity index (χ1v) is 16.6. The van der Waals surface area contributed by atoms with Crippen molar-refractivity contribution in [2.24, 2.45) is 11.8 Å². The Hall–Kier alpha value is -3.89. The van der Waals surface area contributed by atoms with Crippen LogP contribution >= 0.6 is 0 Å². The molecule has 1 aliphatic carbocycles. The first-order valence-electron chi connectivity index (χ1n) is 16.6. The minimum absolute atomic E-state index is 0.0146. The van der Waals surface area contributed by atoms with E-state index >= 15 is 0 Å². The minimum atomic E-state index is -0.452. The van der Waals surface area contributed by atoms with E-state index in [0.717, 1.165) is 81.4 Å². The number of anilines is 3. The van der Waals surface area contributed by atoms with Crippen LogP contribution in [0.4, 0.5) is 22.2 Å². The number of likely N-dealkylation sites (tertiary alicyclic amines) is 1. The highest BCUT2D eigenvalue weighted by molar-refractivity contribution is 5.97. The number of ether oxygens (including phenoxy) is 1. The largest absolute Gasteiger partial charge is 0.444 e. The molecule has 0 radical (unpaired) electrons. The van der Waals surface area contributed by atoms with Crippen LogP contribution in [0.15, 0.2) is 30.6 Å². The van der Waals surface area contributed by atoms with Gasteiger partial charge in [0.15, 0.2) is 0 Å². The monoisotopic (exact) mass is 616 g/mol. The molecule has 3 aliphatic rings. The first-order chi connectivity index (χ1) is 21.6. The Balaban J connectivity index is 1.05. The van der Waals surface area contributed by atoms with Crippen molar-refractivity contribution >= 4 is 40.5 Å².